The van der Waals surface area contributed by atoms with Gasteiger partial charge in [-0.1, -0.05) is 6.58 Å². The Bertz CT molecular complexity index is 880. The summed E-state index contributed by atoms with van der Waals surface area (Å²) in [5, 5.41) is -5.85. The van der Waals surface area contributed by atoms with Crippen molar-refractivity contribution in [1.82, 2.24) is 4.90 Å². The number of carbonyl (C=O) groups excluding carboxylic acids is 2. The van der Waals surface area contributed by atoms with Gasteiger partial charge in [-0.2, -0.15) is 39.2 Å². The molecule has 0 aromatic heterocycles. The van der Waals surface area contributed by atoms with Crippen molar-refractivity contribution in [1.29, 1.82) is 0 Å². The second kappa shape index (κ2) is 11.4. The van der Waals surface area contributed by atoms with Crippen molar-refractivity contribution in [3.63, 3.8) is 0 Å². The molecule has 0 bridgehead atoms. The van der Waals surface area contributed by atoms with E-state index in [9.17, 15) is 48.7 Å². The van der Waals surface area contributed by atoms with Gasteiger partial charge in [0, 0.05) is 24.1 Å². The van der Waals surface area contributed by atoms with Crippen LogP contribution in [0.2, 0.25) is 0 Å². The first-order valence-electron chi connectivity index (χ1n) is 10.1. The number of hydrogen-bond acceptors (Lipinski definition) is 6. The Kier molecular flexibility index (Phi) is 10.8. The summed E-state index contributed by atoms with van der Waals surface area (Å²) in [6, 6.07) is -1.67. The number of rotatable bonds is 13. The molecule has 0 rings (SSSR count). The van der Waals surface area contributed by atoms with E-state index in [1.807, 2.05) is 0 Å². The second-order valence-corrected chi connectivity index (χ2v) is 9.65. The number of ether oxygens (including phenoxy) is 2. The molecule has 1 N–H and O–H groups in total. The zero-order chi connectivity index (χ0) is 28.2. The number of esters is 1. The lowest BCUT2D eigenvalue weighted by atomic mass is 10.1. The normalized spacial score (nSPS) is 15.2. The lowest BCUT2D eigenvalue weighted by molar-refractivity contribution is -0.351. The molecule has 0 aromatic carbocycles. The molecule has 206 valence electrons. The van der Waals surface area contributed by atoms with Gasteiger partial charge in [-0.05, 0) is 47.5 Å². The largest absolute Gasteiger partial charge is 0.466 e. The molecule has 0 aromatic rings. The number of hydrogen-bond donors (Lipinski definition) is 1. The van der Waals surface area contributed by atoms with E-state index in [0.29, 0.717) is 4.90 Å². The van der Waals surface area contributed by atoms with Gasteiger partial charge in [0.1, 0.15) is 0 Å². The summed E-state index contributed by atoms with van der Waals surface area (Å²) in [5.74, 6) is -13.0. The van der Waals surface area contributed by atoms with Crippen LogP contribution in [0.15, 0.2) is 12.2 Å². The van der Waals surface area contributed by atoms with Gasteiger partial charge in [0.15, 0.2) is 0 Å². The van der Waals surface area contributed by atoms with Crippen LogP contribution in [0, 0.1) is 0 Å². The molecule has 0 saturated heterocycles. The topological polar surface area (TPSA) is 110 Å². The van der Waals surface area contributed by atoms with Crippen LogP contribution >= 0.6 is 0 Å². The number of nitrogens with zero attached hydrogens (tertiary/aromatic N) is 1. The Morgan fingerprint density at radius 2 is 1.43 bits per heavy atom. The molecule has 0 aliphatic heterocycles. The molecular formula is C19H28F7NO7S. The zero-order valence-corrected chi connectivity index (χ0v) is 20.4. The molecular weight excluding hydrogens is 519 g/mol. The lowest BCUT2D eigenvalue weighted by Crippen LogP contribution is -2.64. The van der Waals surface area contributed by atoms with Crippen LogP contribution in [0.3, 0.4) is 0 Å². The molecule has 0 fully saturated rings. The summed E-state index contributed by atoms with van der Waals surface area (Å²) in [6.45, 7) is 8.42. The minimum Gasteiger partial charge on any atom is -0.412 e. The van der Waals surface area contributed by atoms with Gasteiger partial charge >= 0.3 is 45.1 Å². The average Bonchev–Trinajstić information content (AvgIpc) is 2.63. The molecule has 0 aliphatic rings. The number of unbranched alkanes of at least 4 members (excludes halogenated alkanes) is 1. The summed E-state index contributed by atoms with van der Waals surface area (Å²) >= 11 is 0. The van der Waals surface area contributed by atoms with Gasteiger partial charge in [0.25, 0.3) is 0 Å². The molecule has 1 amide bonds. The number of amides is 1. The van der Waals surface area contributed by atoms with Gasteiger partial charge < -0.3 is 14.4 Å². The van der Waals surface area contributed by atoms with Gasteiger partial charge in [0.2, 0.25) is 0 Å². The van der Waals surface area contributed by atoms with Crippen LogP contribution in [0.4, 0.5) is 30.7 Å². The number of halogens is 7. The minimum absolute atomic E-state index is 0.525. The third kappa shape index (κ3) is 7.52. The highest BCUT2D eigenvalue weighted by atomic mass is 32.2. The van der Waals surface area contributed by atoms with E-state index in [-0.39, 0.29) is 0 Å². The molecule has 1 unspecified atom stereocenters. The van der Waals surface area contributed by atoms with Crippen LogP contribution in [0.25, 0.3) is 0 Å². The third-order valence-electron chi connectivity index (χ3n) is 4.53. The summed E-state index contributed by atoms with van der Waals surface area (Å²) in [6.07, 6.45) is -9.38. The lowest BCUT2D eigenvalue weighted by Gasteiger charge is -2.40. The van der Waals surface area contributed by atoms with Crippen LogP contribution in [-0.2, 0) is 29.2 Å². The van der Waals surface area contributed by atoms with Crippen molar-refractivity contribution < 1.29 is 62.8 Å². The smallest absolute Gasteiger partial charge is 0.412 e. The van der Waals surface area contributed by atoms with E-state index in [1.165, 1.54) is 27.7 Å². The highest BCUT2D eigenvalue weighted by molar-refractivity contribution is 7.87. The Morgan fingerprint density at radius 3 is 1.77 bits per heavy atom. The fourth-order valence-corrected chi connectivity index (χ4v) is 3.33. The van der Waals surface area contributed by atoms with Crippen LogP contribution < -0.4 is 0 Å². The summed E-state index contributed by atoms with van der Waals surface area (Å²) in [7, 11) is -6.48. The van der Waals surface area contributed by atoms with Crippen molar-refractivity contribution in [3.05, 3.63) is 12.2 Å². The summed E-state index contributed by atoms with van der Waals surface area (Å²) < 4.78 is 134. The molecule has 8 nitrogen and oxygen atoms in total. The van der Waals surface area contributed by atoms with E-state index in [4.69, 9.17) is 4.55 Å². The summed E-state index contributed by atoms with van der Waals surface area (Å²) in [4.78, 5) is 25.6. The maximum absolute atomic E-state index is 14.1. The van der Waals surface area contributed by atoms with Crippen molar-refractivity contribution in [2.45, 2.75) is 89.1 Å². The molecule has 16 heteroatoms. The molecule has 0 saturated carbocycles. The van der Waals surface area contributed by atoms with E-state index >= 15 is 0 Å². The molecule has 1 atom stereocenters. The fourth-order valence-electron chi connectivity index (χ4n) is 2.85. The SMILES string of the molecule is C=C(C)C(=O)OC(OCCCCC(F)(F)C(F)(F)S(=O)(=O)O)(C(=O)N(C(C)C)C(C)C)C(F)(F)F. The first-order valence-corrected chi connectivity index (χ1v) is 11.5. The predicted molar refractivity (Wildman–Crippen MR) is 108 cm³/mol. The summed E-state index contributed by atoms with van der Waals surface area (Å²) in [5.41, 5.74) is -0.525. The van der Waals surface area contributed by atoms with Crippen LogP contribution in [0.1, 0.15) is 53.9 Å². The Hall–Kier alpha value is -1.94. The van der Waals surface area contributed by atoms with Crippen molar-refractivity contribution in [2.24, 2.45) is 0 Å². The fraction of sp³-hybridized carbons (Fsp3) is 0.789. The molecule has 0 spiro atoms. The first-order chi connectivity index (χ1) is 15.5. The third-order valence-corrected chi connectivity index (χ3v) is 5.47. The van der Waals surface area contributed by atoms with E-state index in [2.05, 4.69) is 16.1 Å². The highest BCUT2D eigenvalue weighted by Crippen LogP contribution is 2.42. The van der Waals surface area contributed by atoms with Gasteiger partial charge in [-0.25, -0.2) is 4.79 Å². The monoisotopic (exact) mass is 547 g/mol. The van der Waals surface area contributed by atoms with E-state index < -0.39 is 88.7 Å². The van der Waals surface area contributed by atoms with Gasteiger partial charge in [-0.15, -0.1) is 0 Å². The number of alkyl halides is 7. The molecule has 0 aliphatic carbocycles. The second-order valence-electron chi connectivity index (χ2n) is 8.19. The van der Waals surface area contributed by atoms with Crippen molar-refractivity contribution >= 4 is 22.0 Å². The van der Waals surface area contributed by atoms with Crippen molar-refractivity contribution in [3.8, 4) is 0 Å². The molecule has 0 radical (unpaired) electrons. The average molecular weight is 547 g/mol. The number of carbonyl (C=O) groups is 2. The Morgan fingerprint density at radius 1 is 0.971 bits per heavy atom. The Labute approximate surface area is 198 Å². The van der Waals surface area contributed by atoms with Crippen molar-refractivity contribution in [2.75, 3.05) is 6.61 Å². The molecule has 35 heavy (non-hydrogen) atoms. The highest BCUT2D eigenvalue weighted by Gasteiger charge is 2.68. The van der Waals surface area contributed by atoms with Crippen LogP contribution in [0.5, 0.6) is 0 Å². The zero-order valence-electron chi connectivity index (χ0n) is 19.6. The van der Waals surface area contributed by atoms with E-state index in [0.717, 1.165) is 6.92 Å². The maximum Gasteiger partial charge on any atom is 0.466 e. The standard InChI is InChI=1S/C19H28F7NO7S/c1-11(2)14(28)34-17(18(22,23)24,15(29)27(12(3)4)13(5)6)33-10-8-7-9-16(20,21)19(25,26)35(30,31)32/h12-13H,1,7-10H2,2-6H3,(H,30,31,32). The predicted octanol–water partition coefficient (Wildman–Crippen LogP) is 4.31. The maximum atomic E-state index is 14.1. The van der Waals surface area contributed by atoms with Crippen LogP contribution in [-0.4, -0.2) is 71.6 Å². The molecule has 0 heterocycles. The minimum atomic E-state index is -6.48. The van der Waals surface area contributed by atoms with Gasteiger partial charge in [0.05, 0.1) is 6.61 Å². The van der Waals surface area contributed by atoms with Gasteiger partial charge in [-0.3, -0.25) is 9.35 Å². The Balaban J connectivity index is 5.95. The quantitative estimate of drug-likeness (QED) is 0.0914. The van der Waals surface area contributed by atoms with E-state index in [1.54, 1.807) is 0 Å². The first kappa shape index (κ1) is 33.1.